The number of hydrogen-bond acceptors (Lipinski definition) is 3. The van der Waals surface area contributed by atoms with Crippen LogP contribution in [0.4, 0.5) is 5.69 Å². The Hall–Kier alpha value is -2.03. The van der Waals surface area contributed by atoms with Crippen molar-refractivity contribution in [1.29, 1.82) is 0 Å². The van der Waals surface area contributed by atoms with E-state index < -0.39 is 0 Å². The number of anilines is 1. The molecule has 0 aliphatic rings. The van der Waals surface area contributed by atoms with Gasteiger partial charge < -0.3 is 10.8 Å². The van der Waals surface area contributed by atoms with E-state index in [1.807, 2.05) is 18.2 Å². The first-order valence-electron chi connectivity index (χ1n) is 4.27. The Labute approximate surface area is 81.8 Å². The number of aromatic hydroxyl groups is 1. The van der Waals surface area contributed by atoms with Crippen LogP contribution in [0.25, 0.3) is 11.1 Å². The summed E-state index contributed by atoms with van der Waals surface area (Å²) < 4.78 is 0. The average Bonchev–Trinajstić information content (AvgIpc) is 2.23. The fraction of sp³-hybridized carbons (Fsp3) is 0. The molecule has 70 valence electrons. The Balaban J connectivity index is 2.58. The number of pyridine rings is 1. The van der Waals surface area contributed by atoms with E-state index in [9.17, 15) is 5.11 Å². The van der Waals surface area contributed by atoms with E-state index in [-0.39, 0.29) is 5.75 Å². The first kappa shape index (κ1) is 8.56. The van der Waals surface area contributed by atoms with E-state index in [1.54, 1.807) is 24.5 Å². The number of phenolic OH excluding ortho intramolecular Hbond substituents is 1. The van der Waals surface area contributed by atoms with E-state index in [0.717, 1.165) is 11.1 Å². The molecule has 0 atom stereocenters. The molecule has 0 radical (unpaired) electrons. The minimum absolute atomic E-state index is 0.103. The third kappa shape index (κ3) is 1.40. The van der Waals surface area contributed by atoms with Gasteiger partial charge in [-0.3, -0.25) is 4.98 Å². The van der Waals surface area contributed by atoms with Crippen LogP contribution in [0.15, 0.2) is 42.7 Å². The zero-order valence-electron chi connectivity index (χ0n) is 7.51. The maximum atomic E-state index is 9.42. The fourth-order valence-electron chi connectivity index (χ4n) is 1.33. The summed E-state index contributed by atoms with van der Waals surface area (Å²) in [7, 11) is 0. The van der Waals surface area contributed by atoms with Crippen LogP contribution < -0.4 is 5.73 Å². The fourth-order valence-corrected chi connectivity index (χ4v) is 1.33. The van der Waals surface area contributed by atoms with Crippen molar-refractivity contribution in [2.24, 2.45) is 0 Å². The number of benzene rings is 1. The average molecular weight is 186 g/mol. The normalized spacial score (nSPS) is 10.0. The van der Waals surface area contributed by atoms with Crippen molar-refractivity contribution < 1.29 is 5.11 Å². The molecule has 0 unspecified atom stereocenters. The SMILES string of the molecule is Nc1c(O)cccc1-c1cccnc1. The summed E-state index contributed by atoms with van der Waals surface area (Å²) in [6, 6.07) is 8.91. The predicted octanol–water partition coefficient (Wildman–Crippen LogP) is 2.04. The summed E-state index contributed by atoms with van der Waals surface area (Å²) in [4.78, 5) is 3.99. The van der Waals surface area contributed by atoms with Crippen molar-refractivity contribution in [2.45, 2.75) is 0 Å². The van der Waals surface area contributed by atoms with Crippen molar-refractivity contribution in [2.75, 3.05) is 5.73 Å². The summed E-state index contributed by atoms with van der Waals surface area (Å²) in [5.41, 5.74) is 7.83. The van der Waals surface area contributed by atoms with Gasteiger partial charge in [0.15, 0.2) is 0 Å². The van der Waals surface area contributed by atoms with E-state index in [1.165, 1.54) is 0 Å². The van der Waals surface area contributed by atoms with Crippen LogP contribution in [-0.4, -0.2) is 10.1 Å². The van der Waals surface area contributed by atoms with Gasteiger partial charge in [0, 0.05) is 23.5 Å². The minimum atomic E-state index is 0.103. The van der Waals surface area contributed by atoms with Crippen molar-refractivity contribution >= 4 is 5.69 Å². The second kappa shape index (κ2) is 3.38. The molecule has 14 heavy (non-hydrogen) atoms. The number of aromatic nitrogens is 1. The quantitative estimate of drug-likeness (QED) is 0.529. The Morgan fingerprint density at radius 1 is 1.14 bits per heavy atom. The third-order valence-corrected chi connectivity index (χ3v) is 2.06. The second-order valence-corrected chi connectivity index (χ2v) is 2.98. The number of hydrogen-bond donors (Lipinski definition) is 2. The number of para-hydroxylation sites is 1. The van der Waals surface area contributed by atoms with Gasteiger partial charge in [-0.1, -0.05) is 18.2 Å². The molecule has 0 aliphatic heterocycles. The van der Waals surface area contributed by atoms with Gasteiger partial charge in [-0.15, -0.1) is 0 Å². The summed E-state index contributed by atoms with van der Waals surface area (Å²) >= 11 is 0. The number of nitrogen functional groups attached to an aromatic ring is 1. The number of nitrogens with zero attached hydrogens (tertiary/aromatic N) is 1. The minimum Gasteiger partial charge on any atom is -0.506 e. The smallest absolute Gasteiger partial charge is 0.139 e. The van der Waals surface area contributed by atoms with Crippen LogP contribution >= 0.6 is 0 Å². The van der Waals surface area contributed by atoms with Gasteiger partial charge in [0.05, 0.1) is 5.69 Å². The molecule has 2 aromatic rings. The van der Waals surface area contributed by atoms with Crippen LogP contribution in [0, 0.1) is 0 Å². The lowest BCUT2D eigenvalue weighted by molar-refractivity contribution is 0.478. The van der Waals surface area contributed by atoms with Crippen LogP contribution in [0.5, 0.6) is 5.75 Å². The van der Waals surface area contributed by atoms with Gasteiger partial charge in [-0.25, -0.2) is 0 Å². The lowest BCUT2D eigenvalue weighted by atomic mass is 10.1. The number of nitrogens with two attached hydrogens (primary N) is 1. The number of rotatable bonds is 1. The summed E-state index contributed by atoms with van der Waals surface area (Å²) in [6.07, 6.45) is 3.41. The molecule has 3 heteroatoms. The summed E-state index contributed by atoms with van der Waals surface area (Å²) in [5.74, 6) is 0.103. The predicted molar refractivity (Wildman–Crippen MR) is 55.8 cm³/mol. The molecule has 3 nitrogen and oxygen atoms in total. The van der Waals surface area contributed by atoms with Crippen LogP contribution in [-0.2, 0) is 0 Å². The van der Waals surface area contributed by atoms with E-state index >= 15 is 0 Å². The van der Waals surface area contributed by atoms with Gasteiger partial charge in [0.25, 0.3) is 0 Å². The Morgan fingerprint density at radius 3 is 2.71 bits per heavy atom. The molecule has 1 aromatic carbocycles. The molecule has 0 fully saturated rings. The molecule has 0 bridgehead atoms. The van der Waals surface area contributed by atoms with Crippen molar-refractivity contribution in [3.8, 4) is 16.9 Å². The number of phenols is 1. The monoisotopic (exact) mass is 186 g/mol. The summed E-state index contributed by atoms with van der Waals surface area (Å²) in [5, 5.41) is 9.42. The molecule has 1 aromatic heterocycles. The Morgan fingerprint density at radius 2 is 2.00 bits per heavy atom. The van der Waals surface area contributed by atoms with Gasteiger partial charge in [0.2, 0.25) is 0 Å². The second-order valence-electron chi connectivity index (χ2n) is 2.98. The highest BCUT2D eigenvalue weighted by molar-refractivity contribution is 5.79. The Kier molecular flexibility index (Phi) is 2.07. The first-order valence-corrected chi connectivity index (χ1v) is 4.27. The molecule has 0 spiro atoms. The topological polar surface area (TPSA) is 59.1 Å². The highest BCUT2D eigenvalue weighted by atomic mass is 16.3. The molecule has 2 rings (SSSR count). The van der Waals surface area contributed by atoms with Crippen LogP contribution in [0.2, 0.25) is 0 Å². The van der Waals surface area contributed by atoms with Crippen molar-refractivity contribution in [3.05, 3.63) is 42.7 Å². The van der Waals surface area contributed by atoms with E-state index in [4.69, 9.17) is 5.73 Å². The zero-order valence-corrected chi connectivity index (χ0v) is 7.51. The molecular weight excluding hydrogens is 176 g/mol. The highest BCUT2D eigenvalue weighted by Crippen LogP contribution is 2.31. The first-order chi connectivity index (χ1) is 6.79. The summed E-state index contributed by atoms with van der Waals surface area (Å²) in [6.45, 7) is 0. The molecule has 0 amide bonds. The van der Waals surface area contributed by atoms with E-state index in [0.29, 0.717) is 5.69 Å². The van der Waals surface area contributed by atoms with Crippen molar-refractivity contribution in [3.63, 3.8) is 0 Å². The lowest BCUT2D eigenvalue weighted by Crippen LogP contribution is -1.90. The van der Waals surface area contributed by atoms with Gasteiger partial charge in [-0.2, -0.15) is 0 Å². The highest BCUT2D eigenvalue weighted by Gasteiger charge is 2.04. The molecular formula is C11H10N2O. The maximum absolute atomic E-state index is 9.42. The third-order valence-electron chi connectivity index (χ3n) is 2.06. The Bertz CT molecular complexity index is 440. The lowest BCUT2D eigenvalue weighted by Gasteiger charge is -2.06. The molecule has 0 saturated heterocycles. The standard InChI is InChI=1S/C11H10N2O/c12-11-9(4-1-5-10(11)14)8-3-2-6-13-7-8/h1-7,14H,12H2. The van der Waals surface area contributed by atoms with E-state index in [2.05, 4.69) is 4.98 Å². The van der Waals surface area contributed by atoms with Gasteiger partial charge in [-0.05, 0) is 12.1 Å². The molecule has 1 heterocycles. The zero-order chi connectivity index (χ0) is 9.97. The van der Waals surface area contributed by atoms with Crippen LogP contribution in [0.3, 0.4) is 0 Å². The van der Waals surface area contributed by atoms with Crippen molar-refractivity contribution in [1.82, 2.24) is 4.98 Å². The van der Waals surface area contributed by atoms with Crippen LogP contribution in [0.1, 0.15) is 0 Å². The largest absolute Gasteiger partial charge is 0.506 e. The maximum Gasteiger partial charge on any atom is 0.139 e. The van der Waals surface area contributed by atoms with Gasteiger partial charge in [0.1, 0.15) is 5.75 Å². The molecule has 3 N–H and O–H groups in total. The van der Waals surface area contributed by atoms with Gasteiger partial charge >= 0.3 is 0 Å². The molecule has 0 saturated carbocycles. The molecule has 0 aliphatic carbocycles.